The Balaban J connectivity index is 2.14. The minimum Gasteiger partial charge on any atom is -0.462 e. The molecule has 2 aromatic rings. The molecule has 0 aliphatic heterocycles. The molecule has 2 rings (SSSR count). The van der Waals surface area contributed by atoms with Gasteiger partial charge in [-0.1, -0.05) is 56.1 Å². The quantitative estimate of drug-likeness (QED) is 0.226. The van der Waals surface area contributed by atoms with Crippen LogP contribution in [0.3, 0.4) is 0 Å². The Morgan fingerprint density at radius 3 is 1.61 bits per heavy atom. The molecule has 6 nitrogen and oxygen atoms in total. The molecule has 0 saturated heterocycles. The maximum atomic E-state index is 11.8. The fraction of sp³-hybridized carbons (Fsp3) is 0.259. The van der Waals surface area contributed by atoms with Gasteiger partial charge in [-0.2, -0.15) is 0 Å². The number of esters is 2. The van der Waals surface area contributed by atoms with E-state index in [0.29, 0.717) is 22.5 Å². The summed E-state index contributed by atoms with van der Waals surface area (Å²) in [5.41, 5.74) is 3.89. The Hall–Kier alpha value is -3.64. The standard InChI is InChI=1S/C27H30O6/c1-17(2)25(28)31-15-23(16-32-26(29)18(3)4)22-9-7-20(8-10-22)21-11-13-24(14-12-21)33-27(30)19(5)6/h7-14,23,27,30H,1,3,5,15-16H2,2,4,6H3. The van der Waals surface area contributed by atoms with Gasteiger partial charge in [0.15, 0.2) is 0 Å². The van der Waals surface area contributed by atoms with E-state index in [1.54, 1.807) is 32.9 Å². The van der Waals surface area contributed by atoms with Crippen LogP contribution in [0.4, 0.5) is 0 Å². The molecule has 2 aromatic carbocycles. The summed E-state index contributed by atoms with van der Waals surface area (Å²) in [6.07, 6.45) is -1.05. The first-order chi connectivity index (χ1) is 15.6. The van der Waals surface area contributed by atoms with Crippen molar-refractivity contribution in [3.05, 3.63) is 90.6 Å². The SMILES string of the molecule is C=C(C)C(=O)OCC(COC(=O)C(=C)C)c1ccc(-c2ccc(OC(O)C(=C)C)cc2)cc1. The van der Waals surface area contributed by atoms with Gasteiger partial charge in [0.25, 0.3) is 0 Å². The molecule has 6 heteroatoms. The summed E-state index contributed by atoms with van der Waals surface area (Å²) in [6.45, 7) is 15.7. The number of ether oxygens (including phenoxy) is 3. The summed E-state index contributed by atoms with van der Waals surface area (Å²) in [4.78, 5) is 23.6. The van der Waals surface area contributed by atoms with E-state index in [-0.39, 0.29) is 19.1 Å². The number of carbonyl (C=O) groups is 2. The predicted octanol–water partition coefficient (Wildman–Crippen LogP) is 4.95. The zero-order chi connectivity index (χ0) is 24.5. The van der Waals surface area contributed by atoms with E-state index in [9.17, 15) is 14.7 Å². The van der Waals surface area contributed by atoms with Crippen molar-refractivity contribution in [3.8, 4) is 16.9 Å². The maximum Gasteiger partial charge on any atom is 0.333 e. The number of rotatable bonds is 11. The van der Waals surface area contributed by atoms with E-state index < -0.39 is 18.2 Å². The summed E-state index contributed by atoms with van der Waals surface area (Å²) in [6, 6.07) is 15.0. The Morgan fingerprint density at radius 2 is 1.21 bits per heavy atom. The van der Waals surface area contributed by atoms with Gasteiger partial charge in [-0.3, -0.25) is 0 Å². The molecular weight excluding hydrogens is 420 g/mol. The lowest BCUT2D eigenvalue weighted by molar-refractivity contribution is -0.142. The minimum absolute atomic E-state index is 0.0472. The molecule has 0 aliphatic carbocycles. The van der Waals surface area contributed by atoms with Crippen LogP contribution < -0.4 is 4.74 Å². The van der Waals surface area contributed by atoms with Gasteiger partial charge in [-0.15, -0.1) is 0 Å². The zero-order valence-corrected chi connectivity index (χ0v) is 19.3. The lowest BCUT2D eigenvalue weighted by Crippen LogP contribution is -2.20. The van der Waals surface area contributed by atoms with Gasteiger partial charge in [0.1, 0.15) is 19.0 Å². The largest absolute Gasteiger partial charge is 0.462 e. The summed E-state index contributed by atoms with van der Waals surface area (Å²) < 4.78 is 16.0. The first kappa shape index (κ1) is 25.6. The first-order valence-corrected chi connectivity index (χ1v) is 10.4. The van der Waals surface area contributed by atoms with E-state index in [4.69, 9.17) is 14.2 Å². The number of hydrogen-bond donors (Lipinski definition) is 1. The fourth-order valence-corrected chi connectivity index (χ4v) is 2.74. The highest BCUT2D eigenvalue weighted by Crippen LogP contribution is 2.26. The Morgan fingerprint density at radius 1 is 0.788 bits per heavy atom. The number of carbonyl (C=O) groups excluding carboxylic acids is 2. The van der Waals surface area contributed by atoms with Crippen LogP contribution in [-0.4, -0.2) is 36.5 Å². The predicted molar refractivity (Wildman–Crippen MR) is 128 cm³/mol. The van der Waals surface area contributed by atoms with Crippen molar-refractivity contribution in [1.82, 2.24) is 0 Å². The molecule has 0 radical (unpaired) electrons. The molecule has 174 valence electrons. The molecule has 0 saturated carbocycles. The number of aliphatic hydroxyl groups excluding tert-OH is 1. The van der Waals surface area contributed by atoms with Crippen LogP contribution in [0, 0.1) is 0 Å². The molecule has 0 fully saturated rings. The van der Waals surface area contributed by atoms with Gasteiger partial charge in [-0.05, 0) is 55.2 Å². The average Bonchev–Trinajstić information content (AvgIpc) is 2.79. The van der Waals surface area contributed by atoms with E-state index in [1.807, 2.05) is 36.4 Å². The van der Waals surface area contributed by atoms with Gasteiger partial charge in [0.2, 0.25) is 6.29 Å². The normalized spacial score (nSPS) is 11.4. The molecule has 0 bridgehead atoms. The molecule has 1 atom stereocenters. The Bertz CT molecular complexity index is 988. The van der Waals surface area contributed by atoms with Crippen molar-refractivity contribution in [1.29, 1.82) is 0 Å². The maximum absolute atomic E-state index is 11.8. The highest BCUT2D eigenvalue weighted by Gasteiger charge is 2.18. The van der Waals surface area contributed by atoms with Crippen LogP contribution in [-0.2, 0) is 19.1 Å². The van der Waals surface area contributed by atoms with Gasteiger partial charge >= 0.3 is 11.9 Å². The first-order valence-electron chi connectivity index (χ1n) is 10.4. The molecule has 1 N–H and O–H groups in total. The van der Waals surface area contributed by atoms with Crippen molar-refractivity contribution >= 4 is 11.9 Å². The van der Waals surface area contributed by atoms with Crippen molar-refractivity contribution in [2.75, 3.05) is 13.2 Å². The zero-order valence-electron chi connectivity index (χ0n) is 19.3. The van der Waals surface area contributed by atoms with Gasteiger partial charge < -0.3 is 19.3 Å². The summed E-state index contributed by atoms with van der Waals surface area (Å²) in [5, 5.41) is 9.77. The summed E-state index contributed by atoms with van der Waals surface area (Å²) in [5.74, 6) is -0.807. The fourth-order valence-electron chi connectivity index (χ4n) is 2.74. The molecule has 0 aromatic heterocycles. The second-order valence-corrected chi connectivity index (χ2v) is 7.92. The van der Waals surface area contributed by atoms with Gasteiger partial charge in [0, 0.05) is 11.1 Å². The van der Waals surface area contributed by atoms with Crippen molar-refractivity contribution < 1.29 is 28.9 Å². The van der Waals surface area contributed by atoms with Crippen molar-refractivity contribution in [3.63, 3.8) is 0 Å². The van der Waals surface area contributed by atoms with Crippen LogP contribution in [0.15, 0.2) is 85.0 Å². The van der Waals surface area contributed by atoms with E-state index >= 15 is 0 Å². The molecule has 33 heavy (non-hydrogen) atoms. The lowest BCUT2D eigenvalue weighted by Gasteiger charge is -2.18. The second kappa shape index (κ2) is 11.8. The van der Waals surface area contributed by atoms with E-state index in [2.05, 4.69) is 19.7 Å². The van der Waals surface area contributed by atoms with Crippen molar-refractivity contribution in [2.45, 2.75) is 33.0 Å². The molecule has 0 heterocycles. The summed E-state index contributed by atoms with van der Waals surface area (Å²) >= 11 is 0. The summed E-state index contributed by atoms with van der Waals surface area (Å²) in [7, 11) is 0. The molecule has 1 unspecified atom stereocenters. The highest BCUT2D eigenvalue weighted by molar-refractivity contribution is 5.87. The van der Waals surface area contributed by atoms with E-state index in [0.717, 1.165) is 16.7 Å². The number of hydrogen-bond acceptors (Lipinski definition) is 6. The van der Waals surface area contributed by atoms with Crippen molar-refractivity contribution in [2.24, 2.45) is 0 Å². The van der Waals surface area contributed by atoms with Crippen LogP contribution in [0.5, 0.6) is 5.75 Å². The molecular formula is C27H30O6. The Kier molecular flexibility index (Phi) is 9.18. The van der Waals surface area contributed by atoms with Crippen LogP contribution >= 0.6 is 0 Å². The van der Waals surface area contributed by atoms with Crippen LogP contribution in [0.2, 0.25) is 0 Å². The monoisotopic (exact) mass is 450 g/mol. The smallest absolute Gasteiger partial charge is 0.333 e. The topological polar surface area (TPSA) is 82.1 Å². The highest BCUT2D eigenvalue weighted by atomic mass is 16.6. The molecule has 0 spiro atoms. The van der Waals surface area contributed by atoms with Crippen LogP contribution in [0.1, 0.15) is 32.3 Å². The number of benzene rings is 2. The third-order valence-corrected chi connectivity index (χ3v) is 4.77. The average molecular weight is 451 g/mol. The lowest BCUT2D eigenvalue weighted by atomic mass is 9.97. The number of aliphatic hydroxyl groups is 1. The molecule has 0 aliphatic rings. The van der Waals surface area contributed by atoms with E-state index in [1.165, 1.54) is 0 Å². The minimum atomic E-state index is -1.05. The second-order valence-electron chi connectivity index (χ2n) is 7.92. The van der Waals surface area contributed by atoms with Gasteiger partial charge in [-0.25, -0.2) is 9.59 Å². The Labute approximate surface area is 194 Å². The van der Waals surface area contributed by atoms with Crippen LogP contribution in [0.25, 0.3) is 11.1 Å². The third-order valence-electron chi connectivity index (χ3n) is 4.77. The molecule has 0 amide bonds. The van der Waals surface area contributed by atoms with Gasteiger partial charge in [0.05, 0.1) is 5.92 Å². The third kappa shape index (κ3) is 7.77.